The highest BCUT2D eigenvalue weighted by molar-refractivity contribution is 9.10. The molecule has 0 aliphatic rings. The number of thiazole rings is 1. The van der Waals surface area contributed by atoms with Crippen LogP contribution in [0.1, 0.15) is 0 Å². The molecular formula is C21H8BrCl2NO4S. The lowest BCUT2D eigenvalue weighted by molar-refractivity contribution is 0.563. The van der Waals surface area contributed by atoms with Crippen LogP contribution < -0.4 is 11.3 Å². The second kappa shape index (κ2) is 7.35. The van der Waals surface area contributed by atoms with Crippen LogP contribution in [0.15, 0.2) is 70.7 Å². The first-order valence-electron chi connectivity index (χ1n) is 8.51. The fraction of sp³-hybridized carbons (Fsp3) is 0. The number of hydrogen-bond acceptors (Lipinski definition) is 6. The van der Waals surface area contributed by atoms with E-state index in [2.05, 4.69) is 20.9 Å². The van der Waals surface area contributed by atoms with Crippen molar-refractivity contribution in [2.24, 2.45) is 0 Å². The summed E-state index contributed by atoms with van der Waals surface area (Å²) in [6.45, 7) is 0. The summed E-state index contributed by atoms with van der Waals surface area (Å²) in [6, 6.07) is 11.9. The molecule has 0 spiro atoms. The Balaban J connectivity index is 1.65. The second-order valence-electron chi connectivity index (χ2n) is 6.42. The fourth-order valence-electron chi connectivity index (χ4n) is 3.10. The summed E-state index contributed by atoms with van der Waals surface area (Å²) in [5.41, 5.74) is 0.616. The Morgan fingerprint density at radius 1 is 0.900 bits per heavy atom. The largest absolute Gasteiger partial charge is 0.422 e. The molecule has 5 aromatic rings. The molecule has 5 nitrogen and oxygen atoms in total. The van der Waals surface area contributed by atoms with E-state index in [9.17, 15) is 9.59 Å². The molecule has 0 unspecified atom stereocenters. The number of halogens is 3. The smallest absolute Gasteiger partial charge is 0.346 e. The summed E-state index contributed by atoms with van der Waals surface area (Å²) in [5, 5.41) is 4.11. The van der Waals surface area contributed by atoms with Crippen LogP contribution in [0.3, 0.4) is 0 Å². The van der Waals surface area contributed by atoms with Crippen LogP contribution in [-0.2, 0) is 0 Å². The summed E-state index contributed by atoms with van der Waals surface area (Å²) >= 11 is 16.8. The van der Waals surface area contributed by atoms with Crippen LogP contribution in [0.5, 0.6) is 0 Å². The van der Waals surface area contributed by atoms with Gasteiger partial charge in [0.2, 0.25) is 0 Å². The Bertz CT molecular complexity index is 1590. The third-order valence-electron chi connectivity index (χ3n) is 4.46. The quantitative estimate of drug-likeness (QED) is 0.240. The third kappa shape index (κ3) is 3.37. The van der Waals surface area contributed by atoms with Gasteiger partial charge in [-0.1, -0.05) is 39.1 Å². The average Bonchev–Trinajstić information content (AvgIpc) is 3.17. The minimum Gasteiger partial charge on any atom is -0.422 e. The summed E-state index contributed by atoms with van der Waals surface area (Å²) in [7, 11) is 0. The monoisotopic (exact) mass is 519 g/mol. The first kappa shape index (κ1) is 19.5. The Hall–Kier alpha value is -2.45. The number of hydrogen-bond donors (Lipinski definition) is 0. The highest BCUT2D eigenvalue weighted by Crippen LogP contribution is 2.32. The highest BCUT2D eigenvalue weighted by Gasteiger charge is 2.17. The van der Waals surface area contributed by atoms with Gasteiger partial charge < -0.3 is 8.83 Å². The molecule has 148 valence electrons. The number of fused-ring (bicyclic) bond motifs is 2. The average molecular weight is 521 g/mol. The van der Waals surface area contributed by atoms with Gasteiger partial charge in [0, 0.05) is 25.6 Å². The van der Waals surface area contributed by atoms with E-state index in [1.807, 2.05) is 6.07 Å². The van der Waals surface area contributed by atoms with E-state index in [-0.39, 0.29) is 16.2 Å². The van der Waals surface area contributed by atoms with Crippen molar-refractivity contribution < 1.29 is 8.83 Å². The first-order valence-corrected chi connectivity index (χ1v) is 10.9. The number of rotatable bonds is 2. The maximum Gasteiger partial charge on any atom is 0.346 e. The summed E-state index contributed by atoms with van der Waals surface area (Å²) in [4.78, 5) is 29.5. The highest BCUT2D eigenvalue weighted by atomic mass is 79.9. The standard InChI is InChI=1S/C21H8BrCl2NO4S/c22-11-1-2-17-9(3-11)5-13(20(26)28-17)16-8-30-19(25-16)14-6-10-4-12(23)7-15(24)18(10)29-21(14)27/h1-8H. The minimum atomic E-state index is -0.581. The van der Waals surface area contributed by atoms with E-state index in [0.29, 0.717) is 32.3 Å². The number of nitrogens with zero attached hydrogens (tertiary/aromatic N) is 1. The van der Waals surface area contributed by atoms with Crippen LogP contribution in [-0.4, -0.2) is 4.98 Å². The molecule has 0 amide bonds. The van der Waals surface area contributed by atoms with Gasteiger partial charge in [-0.3, -0.25) is 0 Å². The fourth-order valence-corrected chi connectivity index (χ4v) is 4.85. The van der Waals surface area contributed by atoms with E-state index < -0.39 is 11.3 Å². The molecule has 5 rings (SSSR count). The van der Waals surface area contributed by atoms with E-state index >= 15 is 0 Å². The van der Waals surface area contributed by atoms with E-state index in [4.69, 9.17) is 32.0 Å². The summed E-state index contributed by atoms with van der Waals surface area (Å²) in [6.07, 6.45) is 0. The maximum atomic E-state index is 12.5. The predicted octanol–water partition coefficient (Wildman–Crippen LogP) is 6.76. The molecular weight excluding hydrogens is 513 g/mol. The van der Waals surface area contributed by atoms with Crippen molar-refractivity contribution in [1.29, 1.82) is 0 Å². The topological polar surface area (TPSA) is 73.3 Å². The molecule has 0 bridgehead atoms. The molecule has 9 heteroatoms. The van der Waals surface area contributed by atoms with Crippen LogP contribution in [0.25, 0.3) is 43.8 Å². The normalized spacial score (nSPS) is 11.4. The maximum absolute atomic E-state index is 12.5. The Kier molecular flexibility index (Phi) is 4.78. The summed E-state index contributed by atoms with van der Waals surface area (Å²) in [5.74, 6) is 0. The molecule has 0 aliphatic carbocycles. The lowest BCUT2D eigenvalue weighted by atomic mass is 10.1. The number of benzene rings is 2. The van der Waals surface area contributed by atoms with E-state index in [0.717, 1.165) is 9.86 Å². The van der Waals surface area contributed by atoms with Crippen molar-refractivity contribution in [3.63, 3.8) is 0 Å². The van der Waals surface area contributed by atoms with Gasteiger partial charge in [0.25, 0.3) is 0 Å². The lowest BCUT2D eigenvalue weighted by Gasteiger charge is -2.02. The molecule has 2 aromatic carbocycles. The Morgan fingerprint density at radius 3 is 2.50 bits per heavy atom. The van der Waals surface area contributed by atoms with Crippen molar-refractivity contribution >= 4 is 72.4 Å². The molecule has 0 atom stereocenters. The molecule has 3 aromatic heterocycles. The van der Waals surface area contributed by atoms with Gasteiger partial charge in [0.05, 0.1) is 21.8 Å². The van der Waals surface area contributed by atoms with E-state index in [1.165, 1.54) is 17.4 Å². The predicted molar refractivity (Wildman–Crippen MR) is 123 cm³/mol. The summed E-state index contributed by atoms with van der Waals surface area (Å²) < 4.78 is 11.6. The van der Waals surface area contributed by atoms with Crippen molar-refractivity contribution in [2.75, 3.05) is 0 Å². The van der Waals surface area contributed by atoms with Crippen molar-refractivity contribution in [3.8, 4) is 21.8 Å². The molecule has 30 heavy (non-hydrogen) atoms. The van der Waals surface area contributed by atoms with Gasteiger partial charge in [-0.2, -0.15) is 0 Å². The SMILES string of the molecule is O=c1oc2ccc(Br)cc2cc1-c1csc(-c2cc3cc(Cl)cc(Cl)c3oc2=O)n1. The van der Waals surface area contributed by atoms with Gasteiger partial charge in [-0.25, -0.2) is 14.6 Å². The van der Waals surface area contributed by atoms with Crippen molar-refractivity contribution in [2.45, 2.75) is 0 Å². The van der Waals surface area contributed by atoms with Crippen LogP contribution >= 0.6 is 50.5 Å². The van der Waals surface area contributed by atoms with Gasteiger partial charge in [0.1, 0.15) is 10.6 Å². The minimum absolute atomic E-state index is 0.251. The molecule has 0 N–H and O–H groups in total. The second-order valence-corrected chi connectivity index (χ2v) is 9.04. The third-order valence-corrected chi connectivity index (χ3v) is 6.32. The lowest BCUT2D eigenvalue weighted by Crippen LogP contribution is -2.04. The molecule has 0 saturated carbocycles. The van der Waals surface area contributed by atoms with Gasteiger partial charge >= 0.3 is 11.3 Å². The van der Waals surface area contributed by atoms with Gasteiger partial charge in [-0.05, 0) is 42.5 Å². The molecule has 0 saturated heterocycles. The van der Waals surface area contributed by atoms with Crippen LogP contribution in [0, 0.1) is 0 Å². The zero-order valence-electron chi connectivity index (χ0n) is 14.7. The van der Waals surface area contributed by atoms with Crippen LogP contribution in [0.2, 0.25) is 10.0 Å². The first-order chi connectivity index (χ1) is 14.4. The van der Waals surface area contributed by atoms with Crippen molar-refractivity contribution in [1.82, 2.24) is 4.98 Å². The molecule has 0 aliphatic heterocycles. The molecule has 0 radical (unpaired) electrons. The molecule has 0 fully saturated rings. The van der Waals surface area contributed by atoms with Crippen LogP contribution in [0.4, 0.5) is 0 Å². The van der Waals surface area contributed by atoms with Gasteiger partial charge in [0.15, 0.2) is 5.58 Å². The molecule has 3 heterocycles. The Morgan fingerprint density at radius 2 is 1.67 bits per heavy atom. The number of aromatic nitrogens is 1. The zero-order chi connectivity index (χ0) is 21.0. The van der Waals surface area contributed by atoms with E-state index in [1.54, 1.807) is 35.7 Å². The van der Waals surface area contributed by atoms with Gasteiger partial charge in [-0.15, -0.1) is 11.3 Å². The zero-order valence-corrected chi connectivity index (χ0v) is 18.7. The van der Waals surface area contributed by atoms with Crippen molar-refractivity contribution in [3.05, 3.63) is 83.2 Å². The Labute approximate surface area is 190 Å².